The number of benzene rings is 1. The van der Waals surface area contributed by atoms with Gasteiger partial charge in [-0.1, -0.05) is 23.5 Å². The van der Waals surface area contributed by atoms with Gasteiger partial charge in [-0.25, -0.2) is 4.98 Å². The Kier molecular flexibility index (Phi) is 3.71. The molecule has 0 aliphatic rings. The van der Waals surface area contributed by atoms with Gasteiger partial charge < -0.3 is 4.74 Å². The van der Waals surface area contributed by atoms with E-state index in [9.17, 15) is 4.79 Å². The molecule has 0 fully saturated rings. The molecule has 1 aromatic heterocycles. The van der Waals surface area contributed by atoms with Gasteiger partial charge in [-0.15, -0.1) is 0 Å². The van der Waals surface area contributed by atoms with Crippen LogP contribution in [0.1, 0.15) is 12.5 Å². The number of aryl methyl sites for hydroxylation is 1. The Labute approximate surface area is 104 Å². The first-order valence-electron chi connectivity index (χ1n) is 5.44. The van der Waals surface area contributed by atoms with E-state index in [4.69, 9.17) is 4.74 Å². The lowest BCUT2D eigenvalue weighted by atomic mass is 10.2. The first-order chi connectivity index (χ1) is 8.20. The Hall–Kier alpha value is -1.46. The van der Waals surface area contributed by atoms with Gasteiger partial charge in [0.15, 0.2) is 5.13 Å². The van der Waals surface area contributed by atoms with Gasteiger partial charge in [0, 0.05) is 6.61 Å². The number of hydrogen-bond acceptors (Lipinski definition) is 4. The van der Waals surface area contributed by atoms with Gasteiger partial charge in [0.05, 0.1) is 10.2 Å². The average molecular weight is 250 g/mol. The molecule has 0 saturated carbocycles. The molecule has 4 nitrogen and oxygen atoms in total. The fourth-order valence-corrected chi connectivity index (χ4v) is 2.45. The number of amides is 1. The maximum absolute atomic E-state index is 11.5. The Morgan fingerprint density at radius 3 is 3.06 bits per heavy atom. The molecule has 0 bridgehead atoms. The van der Waals surface area contributed by atoms with Crippen molar-refractivity contribution in [2.75, 3.05) is 18.5 Å². The van der Waals surface area contributed by atoms with Crippen molar-refractivity contribution in [1.29, 1.82) is 0 Å². The lowest BCUT2D eigenvalue weighted by Gasteiger charge is -2.00. The summed E-state index contributed by atoms with van der Waals surface area (Å²) in [6, 6.07) is 5.99. The maximum Gasteiger partial charge on any atom is 0.252 e. The van der Waals surface area contributed by atoms with E-state index in [1.807, 2.05) is 32.0 Å². The number of para-hydroxylation sites is 1. The van der Waals surface area contributed by atoms with Crippen LogP contribution in [0.4, 0.5) is 5.13 Å². The van der Waals surface area contributed by atoms with E-state index in [0.717, 1.165) is 15.8 Å². The lowest BCUT2D eigenvalue weighted by Crippen LogP contribution is -2.17. The summed E-state index contributed by atoms with van der Waals surface area (Å²) < 4.78 is 6.11. The second-order valence-electron chi connectivity index (χ2n) is 3.63. The normalized spacial score (nSPS) is 10.7. The Bertz CT molecular complexity index is 536. The predicted octanol–water partition coefficient (Wildman–Crippen LogP) is 2.58. The van der Waals surface area contributed by atoms with Crippen molar-refractivity contribution in [3.8, 4) is 0 Å². The molecule has 5 heteroatoms. The fourth-order valence-electron chi connectivity index (χ4n) is 1.49. The van der Waals surface area contributed by atoms with Crippen molar-refractivity contribution in [3.05, 3.63) is 23.8 Å². The van der Waals surface area contributed by atoms with Crippen molar-refractivity contribution in [2.45, 2.75) is 13.8 Å². The van der Waals surface area contributed by atoms with Crippen LogP contribution in [0.15, 0.2) is 18.2 Å². The zero-order valence-corrected chi connectivity index (χ0v) is 10.6. The molecule has 0 saturated heterocycles. The fraction of sp³-hybridized carbons (Fsp3) is 0.333. The van der Waals surface area contributed by atoms with E-state index in [1.165, 1.54) is 11.3 Å². The predicted molar refractivity (Wildman–Crippen MR) is 69.5 cm³/mol. The molecule has 2 rings (SSSR count). The summed E-state index contributed by atoms with van der Waals surface area (Å²) in [5, 5.41) is 3.36. The molecule has 1 amide bonds. The number of fused-ring (bicyclic) bond motifs is 1. The summed E-state index contributed by atoms with van der Waals surface area (Å²) in [6.07, 6.45) is 0. The Morgan fingerprint density at radius 2 is 2.35 bits per heavy atom. The summed E-state index contributed by atoms with van der Waals surface area (Å²) in [6.45, 7) is 4.47. The molecule has 0 unspecified atom stereocenters. The first-order valence-corrected chi connectivity index (χ1v) is 6.26. The second kappa shape index (κ2) is 5.25. The average Bonchev–Trinajstić information content (AvgIpc) is 2.70. The molecule has 0 radical (unpaired) electrons. The quantitative estimate of drug-likeness (QED) is 0.907. The van der Waals surface area contributed by atoms with Crippen molar-refractivity contribution >= 4 is 32.6 Å². The third-order valence-electron chi connectivity index (χ3n) is 2.30. The van der Waals surface area contributed by atoms with Crippen LogP contribution in [-0.2, 0) is 9.53 Å². The summed E-state index contributed by atoms with van der Waals surface area (Å²) in [5.41, 5.74) is 2.06. The summed E-state index contributed by atoms with van der Waals surface area (Å²) in [4.78, 5) is 15.9. The van der Waals surface area contributed by atoms with Crippen LogP contribution < -0.4 is 5.32 Å². The van der Waals surface area contributed by atoms with Gasteiger partial charge in [0.1, 0.15) is 6.61 Å². The molecular formula is C12H14N2O2S. The number of anilines is 1. The monoisotopic (exact) mass is 250 g/mol. The number of thiazole rings is 1. The molecule has 1 heterocycles. The largest absolute Gasteiger partial charge is 0.372 e. The Balaban J connectivity index is 2.14. The van der Waals surface area contributed by atoms with Crippen molar-refractivity contribution in [3.63, 3.8) is 0 Å². The third kappa shape index (κ3) is 2.81. The minimum atomic E-state index is -0.163. The standard InChI is InChI=1S/C12H14N2O2S/c1-3-16-7-10(15)13-12-14-11-8(2)5-4-6-9(11)17-12/h4-6H,3,7H2,1-2H3,(H,13,14,15). The summed E-state index contributed by atoms with van der Waals surface area (Å²) in [7, 11) is 0. The summed E-state index contributed by atoms with van der Waals surface area (Å²) in [5.74, 6) is -0.163. The van der Waals surface area contributed by atoms with Crippen LogP contribution in [0.2, 0.25) is 0 Å². The molecule has 2 aromatic rings. The van der Waals surface area contributed by atoms with Crippen LogP contribution in [0, 0.1) is 6.92 Å². The highest BCUT2D eigenvalue weighted by atomic mass is 32.1. The van der Waals surface area contributed by atoms with E-state index >= 15 is 0 Å². The molecule has 0 aliphatic heterocycles. The van der Waals surface area contributed by atoms with E-state index in [2.05, 4.69) is 10.3 Å². The van der Waals surface area contributed by atoms with Gasteiger partial charge in [0.25, 0.3) is 5.91 Å². The van der Waals surface area contributed by atoms with Crippen LogP contribution in [0.5, 0.6) is 0 Å². The number of carbonyl (C=O) groups is 1. The number of rotatable bonds is 4. The molecule has 90 valence electrons. The minimum absolute atomic E-state index is 0.0748. The second-order valence-corrected chi connectivity index (χ2v) is 4.66. The minimum Gasteiger partial charge on any atom is -0.372 e. The molecule has 1 aromatic carbocycles. The van der Waals surface area contributed by atoms with Crippen LogP contribution in [0.3, 0.4) is 0 Å². The van der Waals surface area contributed by atoms with Crippen LogP contribution in [0.25, 0.3) is 10.2 Å². The van der Waals surface area contributed by atoms with Gasteiger partial charge in [-0.3, -0.25) is 10.1 Å². The molecule has 17 heavy (non-hydrogen) atoms. The molecule has 0 spiro atoms. The molecule has 0 atom stereocenters. The van der Waals surface area contributed by atoms with E-state index in [-0.39, 0.29) is 12.5 Å². The number of carbonyl (C=O) groups excluding carboxylic acids is 1. The van der Waals surface area contributed by atoms with Gasteiger partial charge in [0.2, 0.25) is 0 Å². The number of nitrogens with zero attached hydrogens (tertiary/aromatic N) is 1. The number of nitrogens with one attached hydrogen (secondary N) is 1. The van der Waals surface area contributed by atoms with Crippen molar-refractivity contribution in [1.82, 2.24) is 4.98 Å². The number of ether oxygens (including phenoxy) is 1. The smallest absolute Gasteiger partial charge is 0.252 e. The van der Waals surface area contributed by atoms with Gasteiger partial charge in [-0.2, -0.15) is 0 Å². The zero-order chi connectivity index (χ0) is 12.3. The maximum atomic E-state index is 11.5. The third-order valence-corrected chi connectivity index (χ3v) is 3.24. The summed E-state index contributed by atoms with van der Waals surface area (Å²) >= 11 is 1.47. The van der Waals surface area contributed by atoms with Crippen LogP contribution >= 0.6 is 11.3 Å². The van der Waals surface area contributed by atoms with E-state index < -0.39 is 0 Å². The highest BCUT2D eigenvalue weighted by molar-refractivity contribution is 7.22. The highest BCUT2D eigenvalue weighted by Crippen LogP contribution is 2.27. The molecule has 1 N–H and O–H groups in total. The SMILES string of the molecule is CCOCC(=O)Nc1nc2c(C)cccc2s1. The number of aromatic nitrogens is 1. The van der Waals surface area contributed by atoms with Crippen LogP contribution in [-0.4, -0.2) is 24.1 Å². The zero-order valence-electron chi connectivity index (χ0n) is 9.82. The molecule has 0 aliphatic carbocycles. The Morgan fingerprint density at radius 1 is 1.53 bits per heavy atom. The lowest BCUT2D eigenvalue weighted by molar-refractivity contribution is -0.120. The van der Waals surface area contributed by atoms with Crippen molar-refractivity contribution in [2.24, 2.45) is 0 Å². The highest BCUT2D eigenvalue weighted by Gasteiger charge is 2.08. The first kappa shape index (κ1) is 12.0. The van der Waals surface area contributed by atoms with Gasteiger partial charge in [-0.05, 0) is 25.5 Å². The van der Waals surface area contributed by atoms with Crippen molar-refractivity contribution < 1.29 is 9.53 Å². The van der Waals surface area contributed by atoms with E-state index in [1.54, 1.807) is 0 Å². The number of hydrogen-bond donors (Lipinski definition) is 1. The molecular weight excluding hydrogens is 236 g/mol. The topological polar surface area (TPSA) is 51.2 Å². The van der Waals surface area contributed by atoms with E-state index in [0.29, 0.717) is 11.7 Å². The van der Waals surface area contributed by atoms with Gasteiger partial charge >= 0.3 is 0 Å².